The van der Waals surface area contributed by atoms with Crippen molar-refractivity contribution in [3.05, 3.63) is 60.2 Å². The van der Waals surface area contributed by atoms with Crippen LogP contribution in [0.5, 0.6) is 0 Å². The topological polar surface area (TPSA) is 92.2 Å². The van der Waals surface area contributed by atoms with Crippen molar-refractivity contribution in [3.8, 4) is 5.69 Å². The molecule has 0 unspecified atom stereocenters. The van der Waals surface area contributed by atoms with E-state index >= 15 is 0 Å². The van der Waals surface area contributed by atoms with Crippen molar-refractivity contribution in [3.63, 3.8) is 0 Å². The Bertz CT molecular complexity index is 1060. The zero-order valence-electron chi connectivity index (χ0n) is 18.0. The molecule has 2 aromatic carbocycles. The maximum atomic E-state index is 12.5. The van der Waals surface area contributed by atoms with Gasteiger partial charge >= 0.3 is 0 Å². The lowest BCUT2D eigenvalue weighted by molar-refractivity contribution is -0.113. The number of piperidine rings is 1. The summed E-state index contributed by atoms with van der Waals surface area (Å²) in [6, 6.07) is 16.8. The lowest BCUT2D eigenvalue weighted by atomic mass is 10.1. The minimum absolute atomic E-state index is 0.148. The third kappa shape index (κ3) is 5.11. The SMILES string of the molecule is CNC(=O)c1ccc(NC(=O)CSc2nnc(N3CCCCC3)n2-c2ccccc2)cc1. The van der Waals surface area contributed by atoms with Crippen molar-refractivity contribution in [2.45, 2.75) is 24.4 Å². The summed E-state index contributed by atoms with van der Waals surface area (Å²) in [7, 11) is 1.58. The number of nitrogens with one attached hydrogen (secondary N) is 2. The Balaban J connectivity index is 1.46. The van der Waals surface area contributed by atoms with E-state index in [1.54, 1.807) is 31.3 Å². The van der Waals surface area contributed by atoms with Gasteiger partial charge in [0.25, 0.3) is 5.91 Å². The van der Waals surface area contributed by atoms with Crippen LogP contribution in [0.2, 0.25) is 0 Å². The fourth-order valence-corrected chi connectivity index (χ4v) is 4.38. The summed E-state index contributed by atoms with van der Waals surface area (Å²) in [5.41, 5.74) is 2.16. The monoisotopic (exact) mass is 450 g/mol. The van der Waals surface area contributed by atoms with E-state index in [0.717, 1.165) is 37.6 Å². The van der Waals surface area contributed by atoms with Crippen LogP contribution in [-0.2, 0) is 4.79 Å². The predicted molar refractivity (Wildman–Crippen MR) is 127 cm³/mol. The highest BCUT2D eigenvalue weighted by Gasteiger charge is 2.22. The normalized spacial score (nSPS) is 13.6. The van der Waals surface area contributed by atoms with E-state index in [1.807, 2.05) is 34.9 Å². The van der Waals surface area contributed by atoms with Crippen molar-refractivity contribution in [1.82, 2.24) is 20.1 Å². The second kappa shape index (κ2) is 10.3. The Hall–Kier alpha value is -3.33. The molecule has 0 spiro atoms. The van der Waals surface area contributed by atoms with E-state index in [0.29, 0.717) is 16.4 Å². The van der Waals surface area contributed by atoms with Crippen LogP contribution in [-0.4, -0.2) is 52.5 Å². The highest BCUT2D eigenvalue weighted by Crippen LogP contribution is 2.28. The molecule has 166 valence electrons. The molecule has 1 fully saturated rings. The molecule has 1 aromatic heterocycles. The maximum Gasteiger partial charge on any atom is 0.251 e. The molecule has 3 aromatic rings. The van der Waals surface area contributed by atoms with Gasteiger partial charge in [0, 0.05) is 31.4 Å². The molecule has 4 rings (SSSR count). The van der Waals surface area contributed by atoms with Crippen molar-refractivity contribution in [1.29, 1.82) is 0 Å². The Morgan fingerprint density at radius 2 is 1.69 bits per heavy atom. The standard InChI is InChI=1S/C23H26N6O2S/c1-24-21(31)17-10-12-18(13-11-17)25-20(30)16-32-23-27-26-22(28-14-6-3-7-15-28)29(23)19-8-4-2-5-9-19/h2,4-5,8-13H,3,6-7,14-16H2,1H3,(H,24,31)(H,25,30). The highest BCUT2D eigenvalue weighted by atomic mass is 32.2. The molecule has 1 aliphatic heterocycles. The van der Waals surface area contributed by atoms with Crippen LogP contribution >= 0.6 is 11.8 Å². The number of benzene rings is 2. The summed E-state index contributed by atoms with van der Waals surface area (Å²) in [6.45, 7) is 1.92. The average molecular weight is 451 g/mol. The number of carbonyl (C=O) groups excluding carboxylic acids is 2. The van der Waals surface area contributed by atoms with Gasteiger partial charge in [0.05, 0.1) is 11.4 Å². The Kier molecular flexibility index (Phi) is 7.06. The molecule has 32 heavy (non-hydrogen) atoms. The zero-order valence-corrected chi connectivity index (χ0v) is 18.8. The van der Waals surface area contributed by atoms with Gasteiger partial charge in [0.1, 0.15) is 0 Å². The lowest BCUT2D eigenvalue weighted by Crippen LogP contribution is -2.31. The van der Waals surface area contributed by atoms with Crippen molar-refractivity contribution < 1.29 is 9.59 Å². The van der Waals surface area contributed by atoms with Gasteiger partial charge in [-0.05, 0) is 55.7 Å². The van der Waals surface area contributed by atoms with E-state index in [4.69, 9.17) is 0 Å². The molecule has 0 radical (unpaired) electrons. The molecular weight excluding hydrogens is 424 g/mol. The number of para-hydroxylation sites is 1. The van der Waals surface area contributed by atoms with Crippen LogP contribution < -0.4 is 15.5 Å². The molecule has 0 saturated carbocycles. The second-order valence-electron chi connectivity index (χ2n) is 7.49. The van der Waals surface area contributed by atoms with Crippen LogP contribution in [0.25, 0.3) is 5.69 Å². The minimum atomic E-state index is -0.164. The smallest absolute Gasteiger partial charge is 0.251 e. The average Bonchev–Trinajstić information content (AvgIpc) is 3.28. The van der Waals surface area contributed by atoms with E-state index in [1.165, 1.54) is 18.2 Å². The fourth-order valence-electron chi connectivity index (χ4n) is 3.63. The highest BCUT2D eigenvalue weighted by molar-refractivity contribution is 7.99. The van der Waals surface area contributed by atoms with Crippen molar-refractivity contribution in [2.75, 3.05) is 36.1 Å². The molecule has 0 bridgehead atoms. The first-order valence-corrected chi connectivity index (χ1v) is 11.6. The van der Waals surface area contributed by atoms with Gasteiger partial charge in [0.2, 0.25) is 11.9 Å². The van der Waals surface area contributed by atoms with Crippen LogP contribution in [0, 0.1) is 0 Å². The molecule has 1 aliphatic rings. The zero-order chi connectivity index (χ0) is 22.3. The Morgan fingerprint density at radius 3 is 2.38 bits per heavy atom. The van der Waals surface area contributed by atoms with Crippen molar-refractivity contribution >= 4 is 35.2 Å². The molecule has 0 atom stereocenters. The number of nitrogens with zero attached hydrogens (tertiary/aromatic N) is 4. The number of hydrogen-bond acceptors (Lipinski definition) is 6. The number of thioether (sulfide) groups is 1. The summed E-state index contributed by atoms with van der Waals surface area (Å²) < 4.78 is 2.03. The molecule has 2 amide bonds. The number of carbonyl (C=O) groups is 2. The molecule has 2 heterocycles. The number of rotatable bonds is 7. The van der Waals surface area contributed by atoms with Gasteiger partial charge < -0.3 is 15.5 Å². The quantitative estimate of drug-likeness (QED) is 0.537. The third-order valence-corrected chi connectivity index (χ3v) is 6.19. The fraction of sp³-hybridized carbons (Fsp3) is 0.304. The summed E-state index contributed by atoms with van der Waals surface area (Å²) in [6.07, 6.45) is 3.53. The predicted octanol–water partition coefficient (Wildman–Crippen LogP) is 3.35. The van der Waals surface area contributed by atoms with E-state index in [-0.39, 0.29) is 17.6 Å². The van der Waals surface area contributed by atoms with Gasteiger partial charge in [-0.2, -0.15) is 0 Å². The molecule has 8 nitrogen and oxygen atoms in total. The number of hydrogen-bond donors (Lipinski definition) is 2. The van der Waals surface area contributed by atoms with Crippen molar-refractivity contribution in [2.24, 2.45) is 0 Å². The number of anilines is 2. The van der Waals surface area contributed by atoms with E-state index < -0.39 is 0 Å². The minimum Gasteiger partial charge on any atom is -0.355 e. The van der Waals surface area contributed by atoms with E-state index in [9.17, 15) is 9.59 Å². The number of amides is 2. The Morgan fingerprint density at radius 1 is 0.969 bits per heavy atom. The van der Waals surface area contributed by atoms with Crippen LogP contribution in [0.3, 0.4) is 0 Å². The first kappa shape index (κ1) is 21.9. The Labute approximate surface area is 191 Å². The van der Waals surface area contributed by atoms with Crippen LogP contribution in [0.4, 0.5) is 11.6 Å². The van der Waals surface area contributed by atoms with Crippen LogP contribution in [0.15, 0.2) is 59.8 Å². The van der Waals surface area contributed by atoms with E-state index in [2.05, 4.69) is 25.7 Å². The lowest BCUT2D eigenvalue weighted by Gasteiger charge is -2.27. The number of aromatic nitrogens is 3. The molecule has 1 saturated heterocycles. The largest absolute Gasteiger partial charge is 0.355 e. The van der Waals surface area contributed by atoms with Gasteiger partial charge in [-0.15, -0.1) is 10.2 Å². The van der Waals surface area contributed by atoms with Gasteiger partial charge in [0.15, 0.2) is 5.16 Å². The molecule has 0 aliphatic carbocycles. The van der Waals surface area contributed by atoms with Gasteiger partial charge in [-0.25, -0.2) is 0 Å². The van der Waals surface area contributed by atoms with Gasteiger partial charge in [-0.3, -0.25) is 14.2 Å². The molecular formula is C23H26N6O2S. The molecule has 2 N–H and O–H groups in total. The second-order valence-corrected chi connectivity index (χ2v) is 8.44. The van der Waals surface area contributed by atoms with Crippen LogP contribution in [0.1, 0.15) is 29.6 Å². The maximum absolute atomic E-state index is 12.5. The summed E-state index contributed by atoms with van der Waals surface area (Å²) in [5.74, 6) is 0.707. The first-order valence-electron chi connectivity index (χ1n) is 10.7. The summed E-state index contributed by atoms with van der Waals surface area (Å²) in [5, 5.41) is 15.0. The first-order chi connectivity index (χ1) is 15.7. The van der Waals surface area contributed by atoms with Gasteiger partial charge in [-0.1, -0.05) is 30.0 Å². The molecule has 9 heteroatoms. The summed E-state index contributed by atoms with van der Waals surface area (Å²) >= 11 is 1.35. The summed E-state index contributed by atoms with van der Waals surface area (Å²) in [4.78, 5) is 26.5. The third-order valence-electron chi connectivity index (χ3n) is 5.26.